The van der Waals surface area contributed by atoms with E-state index in [1.165, 1.54) is 78.1 Å². The number of nitrogens with zero attached hydrogens (tertiary/aromatic N) is 4. The molecule has 270 valence electrons. The fourth-order valence-corrected chi connectivity index (χ4v) is 6.78. The zero-order chi connectivity index (χ0) is 35.5. The predicted molar refractivity (Wildman–Crippen MR) is 188 cm³/mol. The Morgan fingerprint density at radius 3 is 2.31 bits per heavy atom. The van der Waals surface area contributed by atoms with Crippen LogP contribution in [0.1, 0.15) is 97.3 Å². The molecule has 0 bridgehead atoms. The maximum absolute atomic E-state index is 14.1. The Labute approximate surface area is 289 Å². The van der Waals surface area contributed by atoms with Gasteiger partial charge in [-0.2, -0.15) is 19.4 Å². The van der Waals surface area contributed by atoms with Crippen molar-refractivity contribution in [1.29, 1.82) is 0 Å². The van der Waals surface area contributed by atoms with E-state index in [-0.39, 0.29) is 48.9 Å². The van der Waals surface area contributed by atoms with Gasteiger partial charge in [0.2, 0.25) is 0 Å². The van der Waals surface area contributed by atoms with Crippen LogP contribution in [0.25, 0.3) is 11.2 Å². The van der Waals surface area contributed by atoms with E-state index >= 15 is 0 Å². The number of nitrogens with one attached hydrogen (secondary N) is 1. The topological polar surface area (TPSA) is 153 Å². The van der Waals surface area contributed by atoms with Gasteiger partial charge in [0.1, 0.15) is 17.3 Å². The number of rotatable bonds is 25. The molecule has 0 aliphatic rings. The smallest absolute Gasteiger partial charge is 0.459 e. The Bertz CT molecular complexity index is 1520. The molecule has 0 amide bonds. The van der Waals surface area contributed by atoms with Crippen molar-refractivity contribution in [3.05, 3.63) is 42.7 Å². The highest BCUT2D eigenvalue weighted by Gasteiger charge is 2.37. The maximum atomic E-state index is 14.1. The molecule has 3 N–H and O–H groups in total. The number of terminal acetylenes is 1. The highest BCUT2D eigenvalue weighted by molar-refractivity contribution is 7.52. The number of para-hydroxylation sites is 1. The fourth-order valence-electron chi connectivity index (χ4n) is 5.24. The Balaban J connectivity index is 1.52. The lowest BCUT2D eigenvalue weighted by Gasteiger charge is -2.30. The molecule has 0 saturated heterocycles. The van der Waals surface area contributed by atoms with E-state index in [4.69, 9.17) is 30.7 Å². The van der Waals surface area contributed by atoms with Crippen LogP contribution in [-0.2, 0) is 29.9 Å². The highest BCUT2D eigenvalue weighted by Crippen LogP contribution is 2.46. The minimum absolute atomic E-state index is 0.0913. The molecule has 49 heavy (non-hydrogen) atoms. The minimum Gasteiger partial charge on any atom is -0.465 e. The second-order valence-corrected chi connectivity index (χ2v) is 13.9. The molecule has 12 nitrogen and oxygen atoms in total. The summed E-state index contributed by atoms with van der Waals surface area (Å²) in [6.45, 7) is 3.82. The molecule has 1 unspecified atom stereocenters. The van der Waals surface area contributed by atoms with E-state index in [0.717, 1.165) is 19.3 Å². The van der Waals surface area contributed by atoms with Crippen LogP contribution in [0.4, 0.5) is 10.2 Å². The minimum atomic E-state index is -4.21. The molecule has 0 saturated carbocycles. The number of carbonyl (C=O) groups is 1. The molecule has 3 atom stereocenters. The number of unbranched alkanes of at least 4 members (excludes halogenated alkanes) is 11. The summed E-state index contributed by atoms with van der Waals surface area (Å²) in [5.41, 5.74) is 4.80. The number of esters is 1. The van der Waals surface area contributed by atoms with Gasteiger partial charge in [0.15, 0.2) is 17.1 Å². The number of aryl methyl sites for hydroxylation is 1. The van der Waals surface area contributed by atoms with E-state index in [2.05, 4.69) is 32.9 Å². The number of ether oxygens (including phenoxy) is 2. The van der Waals surface area contributed by atoms with Gasteiger partial charge in [-0.1, -0.05) is 102 Å². The zero-order valence-corrected chi connectivity index (χ0v) is 30.0. The van der Waals surface area contributed by atoms with Gasteiger partial charge >= 0.3 is 19.8 Å². The van der Waals surface area contributed by atoms with Gasteiger partial charge in [-0.25, -0.2) is 9.55 Å². The van der Waals surface area contributed by atoms with Crippen LogP contribution in [0, 0.1) is 18.4 Å². The first-order chi connectivity index (χ1) is 23.6. The number of nitrogen functional groups attached to an aromatic ring is 1. The van der Waals surface area contributed by atoms with Crippen molar-refractivity contribution in [1.82, 2.24) is 24.6 Å². The first kappa shape index (κ1) is 39.9. The number of anilines is 1. The Morgan fingerprint density at radius 2 is 1.69 bits per heavy atom. The summed E-state index contributed by atoms with van der Waals surface area (Å²) < 4.78 is 52.2. The second kappa shape index (κ2) is 20.8. The lowest BCUT2D eigenvalue weighted by Crippen LogP contribution is -2.39. The molecule has 2 aromatic heterocycles. The van der Waals surface area contributed by atoms with Crippen LogP contribution in [-0.4, -0.2) is 57.5 Å². The first-order valence-electron chi connectivity index (χ1n) is 17.2. The summed E-state index contributed by atoms with van der Waals surface area (Å²) in [7, 11) is -2.82. The Kier molecular flexibility index (Phi) is 17.0. The van der Waals surface area contributed by atoms with E-state index < -0.39 is 31.4 Å². The van der Waals surface area contributed by atoms with Crippen LogP contribution in [0.3, 0.4) is 0 Å². The third-order valence-electron chi connectivity index (χ3n) is 8.26. The molecule has 3 aromatic rings. The third-order valence-corrected chi connectivity index (χ3v) is 9.88. The molecule has 0 aliphatic heterocycles. The fraction of sp³-hybridized carbons (Fsp3) is 0.600. The number of carbonyl (C=O) groups excluding carboxylic acids is 1. The lowest BCUT2D eigenvalue weighted by atomic mass is 10.0. The molecule has 1 aromatic carbocycles. The zero-order valence-electron chi connectivity index (χ0n) is 29.1. The second-order valence-electron chi connectivity index (χ2n) is 12.2. The predicted octanol–water partition coefficient (Wildman–Crippen LogP) is 7.38. The Hall–Kier alpha value is -3.56. The molecule has 0 fully saturated rings. The quantitative estimate of drug-likeness (QED) is 0.0299. The average Bonchev–Trinajstić information content (AvgIpc) is 3.50. The largest absolute Gasteiger partial charge is 0.465 e. The van der Waals surface area contributed by atoms with Crippen molar-refractivity contribution in [2.45, 2.75) is 116 Å². The number of nitrogens with two attached hydrogens (primary N) is 1. The number of hydrogen-bond donors (Lipinski definition) is 2. The summed E-state index contributed by atoms with van der Waals surface area (Å²) in [6.07, 6.45) is 20.9. The third kappa shape index (κ3) is 13.3. The summed E-state index contributed by atoms with van der Waals surface area (Å²) in [5.74, 6) is 2.15. The van der Waals surface area contributed by atoms with Gasteiger partial charge in [0.05, 0.1) is 19.5 Å². The molecule has 0 spiro atoms. The van der Waals surface area contributed by atoms with Crippen LogP contribution >= 0.6 is 7.75 Å². The SMILES string of the molecule is C#C[C@](CCn1cnc2c(N)nc(F)nc21)(COP(=O)(N[C@@H](C)C(=O)OCCCCCCCCCCCCCC)Oc1ccccc1)OC. The van der Waals surface area contributed by atoms with Crippen molar-refractivity contribution >= 4 is 30.7 Å². The summed E-state index contributed by atoms with van der Waals surface area (Å²) >= 11 is 0. The van der Waals surface area contributed by atoms with Crippen molar-refractivity contribution in [3.8, 4) is 18.1 Å². The molecule has 0 aliphatic carbocycles. The number of methoxy groups -OCH3 is 1. The van der Waals surface area contributed by atoms with Crippen LogP contribution in [0.2, 0.25) is 0 Å². The molecule has 0 radical (unpaired) electrons. The monoisotopic (exact) mass is 702 g/mol. The molecular weight excluding hydrogens is 650 g/mol. The maximum Gasteiger partial charge on any atom is 0.459 e. The number of hydrogen-bond acceptors (Lipinski definition) is 10. The summed E-state index contributed by atoms with van der Waals surface area (Å²) in [6, 6.07) is 7.39. The number of fused-ring (bicyclic) bond motifs is 1. The van der Waals surface area contributed by atoms with Crippen molar-refractivity contribution in [3.63, 3.8) is 0 Å². The standard InChI is InChI=1S/C35H52FN6O6P/c1-5-7-8-9-10-11-12-13-14-15-16-20-25-46-33(43)28(3)41-49(44,48-29-21-18-17-19-22-29)47-26-35(6-2,45-4)23-24-42-27-38-30-31(37)39-34(36)40-32(30)42/h2,17-19,21-22,27-28H,5,7-16,20,23-26H2,1,3-4H3,(H,41,44)(H2,37,39,40)/t28-,35-,49?/m0/s1. The molecule has 2 heterocycles. The molecular formula is C35H52FN6O6P. The van der Waals surface area contributed by atoms with Crippen molar-refractivity contribution in [2.24, 2.45) is 0 Å². The van der Waals surface area contributed by atoms with Crippen molar-refractivity contribution < 1.29 is 32.3 Å². The summed E-state index contributed by atoms with van der Waals surface area (Å²) in [4.78, 5) is 24.3. The van der Waals surface area contributed by atoms with Gasteiger partial charge in [-0.15, -0.1) is 6.42 Å². The highest BCUT2D eigenvalue weighted by atomic mass is 31.2. The lowest BCUT2D eigenvalue weighted by molar-refractivity contribution is -0.145. The van der Waals surface area contributed by atoms with Crippen LogP contribution in [0.5, 0.6) is 5.75 Å². The van der Waals surface area contributed by atoms with Gasteiger partial charge in [-0.3, -0.25) is 9.32 Å². The van der Waals surface area contributed by atoms with E-state index in [1.807, 2.05) is 0 Å². The first-order valence-corrected chi connectivity index (χ1v) is 18.8. The number of benzene rings is 1. The number of imidazole rings is 1. The number of aromatic nitrogens is 4. The average molecular weight is 703 g/mol. The van der Waals surface area contributed by atoms with E-state index in [9.17, 15) is 13.8 Å². The van der Waals surface area contributed by atoms with Crippen LogP contribution < -0.4 is 15.3 Å². The summed E-state index contributed by atoms with van der Waals surface area (Å²) in [5, 5.41) is 2.69. The van der Waals surface area contributed by atoms with Gasteiger partial charge < -0.3 is 24.3 Å². The van der Waals surface area contributed by atoms with Gasteiger partial charge in [-0.05, 0) is 25.5 Å². The van der Waals surface area contributed by atoms with Crippen molar-refractivity contribution in [2.75, 3.05) is 26.1 Å². The number of halogens is 1. The van der Waals surface area contributed by atoms with Gasteiger partial charge in [0, 0.05) is 20.1 Å². The molecule has 14 heteroatoms. The van der Waals surface area contributed by atoms with Gasteiger partial charge in [0.25, 0.3) is 0 Å². The molecule has 3 rings (SSSR count). The normalized spacial score (nSPS) is 14.5. The van der Waals surface area contributed by atoms with Crippen LogP contribution in [0.15, 0.2) is 36.7 Å². The Morgan fingerprint density at radius 1 is 1.06 bits per heavy atom. The van der Waals surface area contributed by atoms with E-state index in [1.54, 1.807) is 34.9 Å². The van der Waals surface area contributed by atoms with E-state index in [0.29, 0.717) is 0 Å².